The molecule has 94 valence electrons. The van der Waals surface area contributed by atoms with Gasteiger partial charge in [0.2, 0.25) is 0 Å². The minimum Gasteiger partial charge on any atom is -0.392 e. The van der Waals surface area contributed by atoms with E-state index >= 15 is 0 Å². The van der Waals surface area contributed by atoms with Crippen LogP contribution in [0.4, 0.5) is 15.8 Å². The fourth-order valence-electron chi connectivity index (χ4n) is 1.59. The molecule has 0 aliphatic rings. The summed E-state index contributed by atoms with van der Waals surface area (Å²) in [4.78, 5) is 3.99. The molecule has 0 amide bonds. The van der Waals surface area contributed by atoms with Gasteiger partial charge in [0.05, 0.1) is 24.2 Å². The Hall–Kier alpha value is -1.65. The normalized spacial score (nSPS) is 10.4. The van der Waals surface area contributed by atoms with Crippen LogP contribution >= 0.6 is 11.6 Å². The van der Waals surface area contributed by atoms with Gasteiger partial charge in [-0.25, -0.2) is 4.39 Å². The molecule has 3 nitrogen and oxygen atoms in total. The highest BCUT2D eigenvalue weighted by molar-refractivity contribution is 6.30. The van der Waals surface area contributed by atoms with Gasteiger partial charge in [0.15, 0.2) is 0 Å². The fraction of sp³-hybridized carbons (Fsp3) is 0.154. The van der Waals surface area contributed by atoms with Crippen molar-refractivity contribution < 1.29 is 9.50 Å². The van der Waals surface area contributed by atoms with E-state index in [0.717, 1.165) is 5.56 Å². The van der Waals surface area contributed by atoms with Crippen LogP contribution in [0.1, 0.15) is 11.1 Å². The van der Waals surface area contributed by atoms with Crippen LogP contribution in [0.2, 0.25) is 5.02 Å². The molecule has 0 fully saturated rings. The van der Waals surface area contributed by atoms with Crippen molar-refractivity contribution in [1.82, 2.24) is 4.98 Å². The lowest BCUT2D eigenvalue weighted by Gasteiger charge is -2.12. The predicted molar refractivity (Wildman–Crippen MR) is 69.6 cm³/mol. The molecule has 0 saturated heterocycles. The van der Waals surface area contributed by atoms with Crippen LogP contribution in [-0.2, 0) is 6.61 Å². The first-order valence-corrected chi connectivity index (χ1v) is 5.76. The molecule has 2 N–H and O–H groups in total. The Bertz CT molecular complexity index is 575. The van der Waals surface area contributed by atoms with Crippen molar-refractivity contribution in [2.75, 3.05) is 5.32 Å². The van der Waals surface area contributed by atoms with Crippen LogP contribution in [0, 0.1) is 12.7 Å². The van der Waals surface area contributed by atoms with Gasteiger partial charge in [-0.15, -0.1) is 0 Å². The first kappa shape index (κ1) is 12.8. The Balaban J connectivity index is 2.34. The summed E-state index contributed by atoms with van der Waals surface area (Å²) in [5.41, 5.74) is 2.51. The van der Waals surface area contributed by atoms with Crippen molar-refractivity contribution >= 4 is 23.0 Å². The summed E-state index contributed by atoms with van der Waals surface area (Å²) >= 11 is 5.69. The van der Waals surface area contributed by atoms with Crippen molar-refractivity contribution in [2.45, 2.75) is 13.5 Å². The second-order valence-corrected chi connectivity index (χ2v) is 4.31. The Morgan fingerprint density at radius 3 is 2.78 bits per heavy atom. The Kier molecular flexibility index (Phi) is 3.79. The summed E-state index contributed by atoms with van der Waals surface area (Å²) in [7, 11) is 0. The molecule has 0 atom stereocenters. The van der Waals surface area contributed by atoms with Gasteiger partial charge < -0.3 is 10.4 Å². The van der Waals surface area contributed by atoms with Crippen molar-refractivity contribution in [3.05, 3.63) is 52.6 Å². The zero-order valence-electron chi connectivity index (χ0n) is 9.74. The summed E-state index contributed by atoms with van der Waals surface area (Å²) < 4.78 is 13.6. The van der Waals surface area contributed by atoms with Gasteiger partial charge in [0, 0.05) is 16.8 Å². The van der Waals surface area contributed by atoms with Gasteiger partial charge in [-0.3, -0.25) is 4.98 Å². The van der Waals surface area contributed by atoms with Crippen LogP contribution < -0.4 is 5.32 Å². The van der Waals surface area contributed by atoms with Crippen LogP contribution in [0.5, 0.6) is 0 Å². The molecule has 0 bridgehead atoms. The van der Waals surface area contributed by atoms with Gasteiger partial charge >= 0.3 is 0 Å². The molecule has 0 aliphatic heterocycles. The lowest BCUT2D eigenvalue weighted by Crippen LogP contribution is -2.00. The second kappa shape index (κ2) is 5.33. The number of aliphatic hydroxyl groups is 1. The van der Waals surface area contributed by atoms with E-state index in [1.54, 1.807) is 24.5 Å². The maximum atomic E-state index is 13.6. The zero-order chi connectivity index (χ0) is 13.1. The minimum absolute atomic E-state index is 0.0997. The van der Waals surface area contributed by atoms with Gasteiger partial charge in [-0.2, -0.15) is 0 Å². The fourth-order valence-corrected chi connectivity index (χ4v) is 1.75. The molecule has 0 unspecified atom stereocenters. The molecular weight excluding hydrogens is 255 g/mol. The molecule has 0 aliphatic carbocycles. The minimum atomic E-state index is -0.434. The average Bonchev–Trinajstić information content (AvgIpc) is 2.35. The van der Waals surface area contributed by atoms with Crippen LogP contribution in [0.15, 0.2) is 30.6 Å². The van der Waals surface area contributed by atoms with E-state index in [2.05, 4.69) is 10.3 Å². The highest BCUT2D eigenvalue weighted by Gasteiger charge is 2.07. The average molecular weight is 267 g/mol. The predicted octanol–water partition coefficient (Wildman–Crippen LogP) is 3.42. The van der Waals surface area contributed by atoms with E-state index in [4.69, 9.17) is 16.7 Å². The Morgan fingerprint density at radius 2 is 2.11 bits per heavy atom. The lowest BCUT2D eigenvalue weighted by molar-refractivity contribution is 0.280. The Labute approximate surface area is 109 Å². The molecule has 2 rings (SSSR count). The summed E-state index contributed by atoms with van der Waals surface area (Å²) in [6, 6.07) is 4.40. The van der Waals surface area contributed by atoms with E-state index in [0.29, 0.717) is 22.0 Å². The van der Waals surface area contributed by atoms with Crippen molar-refractivity contribution in [3.8, 4) is 0 Å². The van der Waals surface area contributed by atoms with E-state index in [1.807, 2.05) is 6.92 Å². The number of nitrogens with one attached hydrogen (secondary N) is 1. The molecule has 0 spiro atoms. The molecule has 1 aromatic carbocycles. The smallest absolute Gasteiger partial charge is 0.148 e. The molecule has 1 heterocycles. The number of benzene rings is 1. The number of nitrogens with zero attached hydrogens (tertiary/aromatic N) is 1. The van der Waals surface area contributed by atoms with Crippen LogP contribution in [0.25, 0.3) is 0 Å². The third kappa shape index (κ3) is 2.60. The van der Waals surface area contributed by atoms with Crippen molar-refractivity contribution in [3.63, 3.8) is 0 Å². The molecule has 5 heteroatoms. The number of hydrogen-bond donors (Lipinski definition) is 2. The summed E-state index contributed by atoms with van der Waals surface area (Å²) in [6.45, 7) is 1.74. The van der Waals surface area contributed by atoms with E-state index < -0.39 is 5.82 Å². The highest BCUT2D eigenvalue weighted by atomic mass is 35.5. The number of aromatic nitrogens is 1. The molecule has 18 heavy (non-hydrogen) atoms. The number of pyridine rings is 1. The number of halogens is 2. The summed E-state index contributed by atoms with van der Waals surface area (Å²) in [5.74, 6) is -0.434. The van der Waals surface area contributed by atoms with E-state index in [-0.39, 0.29) is 6.61 Å². The molecular formula is C13H12ClFN2O. The largest absolute Gasteiger partial charge is 0.392 e. The molecule has 0 radical (unpaired) electrons. The first-order chi connectivity index (χ1) is 8.61. The summed E-state index contributed by atoms with van der Waals surface area (Å²) in [5, 5.41) is 12.4. The van der Waals surface area contributed by atoms with E-state index in [9.17, 15) is 4.39 Å². The van der Waals surface area contributed by atoms with Gasteiger partial charge in [0.25, 0.3) is 0 Å². The maximum Gasteiger partial charge on any atom is 0.148 e. The van der Waals surface area contributed by atoms with Gasteiger partial charge in [-0.1, -0.05) is 11.6 Å². The maximum absolute atomic E-state index is 13.6. The molecule has 0 saturated carbocycles. The third-order valence-corrected chi connectivity index (χ3v) is 2.93. The second-order valence-electron chi connectivity index (χ2n) is 3.88. The van der Waals surface area contributed by atoms with Crippen LogP contribution in [0.3, 0.4) is 0 Å². The number of hydrogen-bond acceptors (Lipinski definition) is 3. The number of aliphatic hydroxyl groups excluding tert-OH is 1. The SMILES string of the molecule is Cc1c(CO)cncc1Nc1ccc(Cl)cc1F. The first-order valence-electron chi connectivity index (χ1n) is 5.38. The summed E-state index contributed by atoms with van der Waals surface area (Å²) in [6.07, 6.45) is 3.17. The monoisotopic (exact) mass is 266 g/mol. The zero-order valence-corrected chi connectivity index (χ0v) is 10.5. The quantitative estimate of drug-likeness (QED) is 0.895. The third-order valence-electron chi connectivity index (χ3n) is 2.69. The van der Waals surface area contributed by atoms with Crippen molar-refractivity contribution in [2.24, 2.45) is 0 Å². The number of anilines is 2. The topological polar surface area (TPSA) is 45.2 Å². The standard InChI is InChI=1S/C13H12ClFN2O/c1-8-9(7-18)5-16-6-13(8)17-12-3-2-10(14)4-11(12)15/h2-6,17-18H,7H2,1H3. The number of rotatable bonds is 3. The highest BCUT2D eigenvalue weighted by Crippen LogP contribution is 2.25. The molecule has 1 aromatic heterocycles. The van der Waals surface area contributed by atoms with E-state index in [1.165, 1.54) is 6.07 Å². The van der Waals surface area contributed by atoms with Gasteiger partial charge in [0.1, 0.15) is 5.82 Å². The Morgan fingerprint density at radius 1 is 1.33 bits per heavy atom. The lowest BCUT2D eigenvalue weighted by atomic mass is 10.1. The van der Waals surface area contributed by atoms with Crippen molar-refractivity contribution in [1.29, 1.82) is 0 Å². The van der Waals surface area contributed by atoms with Gasteiger partial charge in [-0.05, 0) is 30.7 Å². The molecule has 2 aromatic rings. The van der Waals surface area contributed by atoms with Crippen LogP contribution in [-0.4, -0.2) is 10.1 Å².